The molecule has 0 unspecified atom stereocenters. The third-order valence-corrected chi connectivity index (χ3v) is 2.08. The van der Waals surface area contributed by atoms with Crippen LogP contribution in [-0.2, 0) is 4.79 Å². The molecule has 0 aliphatic rings. The van der Waals surface area contributed by atoms with Gasteiger partial charge in [0.15, 0.2) is 5.60 Å². The third kappa shape index (κ3) is 3.45. The number of alkyl halides is 3. The standard InChI is InChI=1S/C11H11F3O3/c1-8(15)7-10(16,11(12,13)14)5-4-9-3-2-6-17-9/h2-6,16H,7H2,1H3/b5-4+/t10-/m1/s1. The smallest absolute Gasteiger partial charge is 0.421 e. The monoisotopic (exact) mass is 248 g/mol. The predicted molar refractivity (Wildman–Crippen MR) is 54.0 cm³/mol. The highest BCUT2D eigenvalue weighted by atomic mass is 19.4. The molecule has 0 aromatic carbocycles. The van der Waals surface area contributed by atoms with E-state index in [9.17, 15) is 23.1 Å². The first-order valence-electron chi connectivity index (χ1n) is 4.76. The third-order valence-electron chi connectivity index (χ3n) is 2.08. The molecule has 17 heavy (non-hydrogen) atoms. The summed E-state index contributed by atoms with van der Waals surface area (Å²) in [5.74, 6) is -0.592. The molecule has 0 saturated heterocycles. The van der Waals surface area contributed by atoms with E-state index in [2.05, 4.69) is 0 Å². The van der Waals surface area contributed by atoms with Gasteiger partial charge in [-0.3, -0.25) is 4.79 Å². The maximum absolute atomic E-state index is 12.6. The van der Waals surface area contributed by atoms with Gasteiger partial charge in [-0.1, -0.05) is 0 Å². The molecular formula is C11H11F3O3. The second-order valence-electron chi connectivity index (χ2n) is 3.65. The van der Waals surface area contributed by atoms with Gasteiger partial charge in [-0.05, 0) is 31.2 Å². The Kier molecular flexibility index (Phi) is 3.77. The zero-order valence-electron chi connectivity index (χ0n) is 8.99. The average molecular weight is 248 g/mol. The van der Waals surface area contributed by atoms with Crippen LogP contribution in [0.1, 0.15) is 19.1 Å². The molecule has 0 spiro atoms. The first-order chi connectivity index (χ1) is 7.74. The maximum Gasteiger partial charge on any atom is 0.421 e. The van der Waals surface area contributed by atoms with Gasteiger partial charge < -0.3 is 9.52 Å². The van der Waals surface area contributed by atoms with Crippen molar-refractivity contribution in [1.29, 1.82) is 0 Å². The summed E-state index contributed by atoms with van der Waals surface area (Å²) >= 11 is 0. The van der Waals surface area contributed by atoms with E-state index < -0.39 is 24.0 Å². The van der Waals surface area contributed by atoms with E-state index in [1.54, 1.807) is 0 Å². The Hall–Kier alpha value is -1.56. The second kappa shape index (κ2) is 4.75. The number of aliphatic hydroxyl groups is 1. The van der Waals surface area contributed by atoms with Crippen molar-refractivity contribution in [2.75, 3.05) is 0 Å². The van der Waals surface area contributed by atoms with Crippen LogP contribution in [0.25, 0.3) is 6.08 Å². The number of furan rings is 1. The summed E-state index contributed by atoms with van der Waals surface area (Å²) in [5, 5.41) is 9.44. The first kappa shape index (κ1) is 13.5. The van der Waals surface area contributed by atoms with Gasteiger partial charge in [0.1, 0.15) is 11.5 Å². The summed E-state index contributed by atoms with van der Waals surface area (Å²) in [4.78, 5) is 10.8. The Balaban J connectivity index is 2.95. The lowest BCUT2D eigenvalue weighted by Crippen LogP contribution is -2.44. The summed E-state index contributed by atoms with van der Waals surface area (Å²) in [6, 6.07) is 2.93. The van der Waals surface area contributed by atoms with E-state index >= 15 is 0 Å². The number of halogens is 3. The fourth-order valence-corrected chi connectivity index (χ4v) is 1.24. The molecule has 0 bridgehead atoms. The second-order valence-corrected chi connectivity index (χ2v) is 3.65. The summed E-state index contributed by atoms with van der Waals surface area (Å²) in [6.45, 7) is 0.984. The lowest BCUT2D eigenvalue weighted by molar-refractivity contribution is -0.240. The molecule has 0 aliphatic heterocycles. The van der Waals surface area contributed by atoms with Crippen LogP contribution in [0, 0.1) is 0 Å². The highest BCUT2D eigenvalue weighted by molar-refractivity contribution is 5.77. The van der Waals surface area contributed by atoms with Gasteiger partial charge in [0.2, 0.25) is 0 Å². The number of hydrogen-bond acceptors (Lipinski definition) is 3. The maximum atomic E-state index is 12.6. The Morgan fingerprint density at radius 2 is 2.18 bits per heavy atom. The molecule has 3 nitrogen and oxygen atoms in total. The summed E-state index contributed by atoms with van der Waals surface area (Å²) in [6.07, 6.45) is -3.14. The molecule has 0 amide bonds. The molecule has 0 saturated carbocycles. The lowest BCUT2D eigenvalue weighted by Gasteiger charge is -2.26. The van der Waals surface area contributed by atoms with E-state index in [0.717, 1.165) is 13.0 Å². The van der Waals surface area contributed by atoms with Crippen LogP contribution in [0.3, 0.4) is 0 Å². The van der Waals surface area contributed by atoms with Gasteiger partial charge in [0.25, 0.3) is 0 Å². The van der Waals surface area contributed by atoms with Crippen molar-refractivity contribution in [1.82, 2.24) is 0 Å². The zero-order chi connectivity index (χ0) is 13.1. The molecule has 1 N–H and O–H groups in total. The van der Waals surface area contributed by atoms with Crippen molar-refractivity contribution >= 4 is 11.9 Å². The quantitative estimate of drug-likeness (QED) is 0.890. The molecule has 0 fully saturated rings. The number of hydrogen-bond donors (Lipinski definition) is 1. The molecule has 6 heteroatoms. The van der Waals surface area contributed by atoms with Crippen molar-refractivity contribution in [3.8, 4) is 0 Å². The highest BCUT2D eigenvalue weighted by Gasteiger charge is 2.52. The zero-order valence-corrected chi connectivity index (χ0v) is 8.99. The van der Waals surface area contributed by atoms with E-state index in [4.69, 9.17) is 4.42 Å². The van der Waals surface area contributed by atoms with Crippen LogP contribution in [0.15, 0.2) is 28.9 Å². The topological polar surface area (TPSA) is 50.4 Å². The Morgan fingerprint density at radius 1 is 1.53 bits per heavy atom. The lowest BCUT2D eigenvalue weighted by atomic mass is 9.96. The van der Waals surface area contributed by atoms with Crippen LogP contribution < -0.4 is 0 Å². The number of rotatable bonds is 4. The number of Topliss-reactive ketones (excluding diaryl/α,β-unsaturated/α-hetero) is 1. The molecule has 1 heterocycles. The van der Waals surface area contributed by atoms with Gasteiger partial charge in [-0.25, -0.2) is 0 Å². The molecule has 1 rings (SSSR count). The highest BCUT2D eigenvalue weighted by Crippen LogP contribution is 2.35. The summed E-state index contributed by atoms with van der Waals surface area (Å²) in [5.41, 5.74) is -3.16. The number of carbonyl (C=O) groups excluding carboxylic acids is 1. The SMILES string of the molecule is CC(=O)C[C@](O)(/C=C/c1ccco1)C(F)(F)F. The van der Waals surface area contributed by atoms with Gasteiger partial charge in [-0.2, -0.15) is 13.2 Å². The molecule has 94 valence electrons. The molecule has 0 radical (unpaired) electrons. The Labute approximate surface area is 95.5 Å². The van der Waals surface area contributed by atoms with E-state index in [-0.39, 0.29) is 5.76 Å². The first-order valence-corrected chi connectivity index (χ1v) is 4.76. The van der Waals surface area contributed by atoms with Crippen molar-refractivity contribution in [2.24, 2.45) is 0 Å². The fourth-order valence-electron chi connectivity index (χ4n) is 1.24. The minimum atomic E-state index is -4.91. The largest absolute Gasteiger partial charge is 0.465 e. The molecular weight excluding hydrogens is 237 g/mol. The molecule has 1 aromatic rings. The van der Waals surface area contributed by atoms with Crippen molar-refractivity contribution in [2.45, 2.75) is 25.1 Å². The van der Waals surface area contributed by atoms with Crippen LogP contribution in [0.2, 0.25) is 0 Å². The van der Waals surface area contributed by atoms with Gasteiger partial charge in [0.05, 0.1) is 6.26 Å². The number of carbonyl (C=O) groups is 1. The number of ketones is 1. The molecule has 1 aromatic heterocycles. The molecule has 0 aliphatic carbocycles. The molecule has 1 atom stereocenters. The summed E-state index contributed by atoms with van der Waals surface area (Å²) < 4.78 is 42.6. The van der Waals surface area contributed by atoms with Crippen LogP contribution in [-0.4, -0.2) is 22.7 Å². The van der Waals surface area contributed by atoms with E-state index in [0.29, 0.717) is 6.08 Å². The Morgan fingerprint density at radius 3 is 2.59 bits per heavy atom. The minimum absolute atomic E-state index is 0.163. The van der Waals surface area contributed by atoms with Crippen molar-refractivity contribution < 1.29 is 27.5 Å². The Bertz CT molecular complexity index is 406. The van der Waals surface area contributed by atoms with E-state index in [1.165, 1.54) is 18.4 Å². The van der Waals surface area contributed by atoms with Gasteiger partial charge >= 0.3 is 6.18 Å². The normalized spacial score (nSPS) is 16.1. The van der Waals surface area contributed by atoms with Gasteiger partial charge in [-0.15, -0.1) is 0 Å². The van der Waals surface area contributed by atoms with Crippen molar-refractivity contribution in [3.05, 3.63) is 30.2 Å². The fraction of sp³-hybridized carbons (Fsp3) is 0.364. The summed E-state index contributed by atoms with van der Waals surface area (Å²) in [7, 11) is 0. The minimum Gasteiger partial charge on any atom is -0.465 e. The van der Waals surface area contributed by atoms with Crippen LogP contribution in [0.4, 0.5) is 13.2 Å². The predicted octanol–water partition coefficient (Wildman–Crippen LogP) is 2.57. The van der Waals surface area contributed by atoms with Crippen molar-refractivity contribution in [3.63, 3.8) is 0 Å². The average Bonchev–Trinajstić information content (AvgIpc) is 2.64. The van der Waals surface area contributed by atoms with Crippen LogP contribution in [0.5, 0.6) is 0 Å². The van der Waals surface area contributed by atoms with Gasteiger partial charge in [0, 0.05) is 6.42 Å². The van der Waals surface area contributed by atoms with Crippen LogP contribution >= 0.6 is 0 Å². The van der Waals surface area contributed by atoms with E-state index in [1.807, 2.05) is 0 Å².